The minimum atomic E-state index is -0.664. The van der Waals surface area contributed by atoms with Crippen molar-refractivity contribution in [3.8, 4) is 11.4 Å². The zero-order valence-corrected chi connectivity index (χ0v) is 16.8. The summed E-state index contributed by atoms with van der Waals surface area (Å²) in [5, 5.41) is 14.9. The van der Waals surface area contributed by atoms with Crippen molar-refractivity contribution >= 4 is 33.1 Å². The molecule has 31 heavy (non-hydrogen) atoms. The first kappa shape index (κ1) is 20.6. The molecule has 0 atom stereocenters. The summed E-state index contributed by atoms with van der Waals surface area (Å²) in [5.74, 6) is -0.862. The molecule has 0 aliphatic heterocycles. The van der Waals surface area contributed by atoms with E-state index in [1.807, 2.05) is 0 Å². The van der Waals surface area contributed by atoms with Gasteiger partial charge in [-0.05, 0) is 24.3 Å². The van der Waals surface area contributed by atoms with E-state index in [4.69, 9.17) is 14.0 Å². The molecule has 0 amide bonds. The van der Waals surface area contributed by atoms with Gasteiger partial charge in [-0.25, -0.2) is 9.18 Å². The number of halogens is 1. The fourth-order valence-electron chi connectivity index (χ4n) is 2.97. The van der Waals surface area contributed by atoms with Crippen LogP contribution in [-0.4, -0.2) is 28.1 Å². The number of aromatic nitrogens is 2. The van der Waals surface area contributed by atoms with E-state index >= 15 is 0 Å². The molecule has 0 unspecified atom stereocenters. The highest BCUT2D eigenvalue weighted by Crippen LogP contribution is 2.34. The van der Waals surface area contributed by atoms with E-state index in [9.17, 15) is 19.3 Å². The lowest BCUT2D eigenvalue weighted by Gasteiger charge is -2.04. The first-order valence-corrected chi connectivity index (χ1v) is 9.73. The summed E-state index contributed by atoms with van der Waals surface area (Å²) in [5.41, 5.74) is 0.866. The van der Waals surface area contributed by atoms with Crippen LogP contribution in [0.4, 0.5) is 10.1 Å². The Morgan fingerprint density at radius 2 is 2.00 bits per heavy atom. The Kier molecular flexibility index (Phi) is 5.69. The number of methoxy groups -OCH3 is 1. The van der Waals surface area contributed by atoms with Crippen molar-refractivity contribution < 1.29 is 28.1 Å². The average molecular weight is 443 g/mol. The zero-order chi connectivity index (χ0) is 22.0. The number of carbonyl (C=O) groups excluding carboxylic acids is 1. The quantitative estimate of drug-likeness (QED) is 0.233. The lowest BCUT2D eigenvalue weighted by atomic mass is 10.1. The SMILES string of the molecule is COCc1c(C(=O)OCc2nc(-c3ccc([N+](=O)[O-])cc3)no2)sc2cccc(F)c12. The molecular weight excluding hydrogens is 429 g/mol. The van der Waals surface area contributed by atoms with Gasteiger partial charge in [-0.2, -0.15) is 4.98 Å². The number of nitro groups is 1. The highest BCUT2D eigenvalue weighted by molar-refractivity contribution is 7.21. The normalized spacial score (nSPS) is 11.0. The van der Waals surface area contributed by atoms with E-state index in [1.54, 1.807) is 12.1 Å². The van der Waals surface area contributed by atoms with Gasteiger partial charge in [0.1, 0.15) is 10.7 Å². The van der Waals surface area contributed by atoms with Crippen molar-refractivity contribution in [2.45, 2.75) is 13.2 Å². The monoisotopic (exact) mass is 443 g/mol. The molecule has 0 saturated heterocycles. The summed E-state index contributed by atoms with van der Waals surface area (Å²) in [6, 6.07) is 10.2. The van der Waals surface area contributed by atoms with E-state index < -0.39 is 16.7 Å². The molecule has 158 valence electrons. The Balaban J connectivity index is 1.50. The fraction of sp³-hybridized carbons (Fsp3) is 0.150. The summed E-state index contributed by atoms with van der Waals surface area (Å²) < 4.78 is 30.4. The molecule has 0 radical (unpaired) electrons. The minimum absolute atomic E-state index is 0.0438. The number of carbonyl (C=O) groups is 1. The number of hydrogen-bond acceptors (Lipinski definition) is 9. The fourth-order valence-corrected chi connectivity index (χ4v) is 4.09. The van der Waals surface area contributed by atoms with Gasteiger partial charge in [0.2, 0.25) is 5.82 Å². The predicted molar refractivity (Wildman–Crippen MR) is 108 cm³/mol. The van der Waals surface area contributed by atoms with Crippen LogP contribution in [0.1, 0.15) is 21.1 Å². The van der Waals surface area contributed by atoms with E-state index in [0.29, 0.717) is 21.2 Å². The van der Waals surface area contributed by atoms with Gasteiger partial charge in [0.15, 0.2) is 6.61 Å². The van der Waals surface area contributed by atoms with Crippen LogP contribution in [0.5, 0.6) is 0 Å². The van der Waals surface area contributed by atoms with E-state index in [2.05, 4.69) is 10.1 Å². The van der Waals surface area contributed by atoms with Gasteiger partial charge < -0.3 is 14.0 Å². The second-order valence-electron chi connectivity index (χ2n) is 6.35. The third kappa shape index (κ3) is 4.13. The van der Waals surface area contributed by atoms with Crippen LogP contribution in [0.15, 0.2) is 47.0 Å². The lowest BCUT2D eigenvalue weighted by Crippen LogP contribution is -2.06. The molecule has 0 aliphatic rings. The van der Waals surface area contributed by atoms with Gasteiger partial charge in [-0.3, -0.25) is 10.1 Å². The standard InChI is InChI=1S/C20H14FN3O6S/c1-28-9-13-17-14(21)3-2-4-15(17)31-18(13)20(25)29-10-16-22-19(23-30-16)11-5-7-12(8-6-11)24(26)27/h2-8H,9-10H2,1H3. The first-order chi connectivity index (χ1) is 15.0. The van der Waals surface area contributed by atoms with Crippen LogP contribution in [0.3, 0.4) is 0 Å². The molecule has 11 heteroatoms. The van der Waals surface area contributed by atoms with E-state index in [-0.39, 0.29) is 35.5 Å². The molecule has 2 aromatic heterocycles. The van der Waals surface area contributed by atoms with Crippen LogP contribution >= 0.6 is 11.3 Å². The average Bonchev–Trinajstić information content (AvgIpc) is 3.38. The molecule has 2 aromatic carbocycles. The van der Waals surface area contributed by atoms with E-state index in [1.165, 1.54) is 37.4 Å². The van der Waals surface area contributed by atoms with Crippen LogP contribution in [0.2, 0.25) is 0 Å². The Hall–Kier alpha value is -3.70. The lowest BCUT2D eigenvalue weighted by molar-refractivity contribution is -0.384. The van der Waals surface area contributed by atoms with E-state index in [0.717, 1.165) is 11.3 Å². The summed E-state index contributed by atoms with van der Waals surface area (Å²) in [6.07, 6.45) is 0. The molecule has 0 spiro atoms. The summed E-state index contributed by atoms with van der Waals surface area (Å²) in [4.78, 5) is 27.2. The number of thiophene rings is 1. The van der Waals surface area contributed by atoms with Crippen molar-refractivity contribution in [1.82, 2.24) is 10.1 Å². The zero-order valence-electron chi connectivity index (χ0n) is 16.0. The maximum atomic E-state index is 14.3. The molecule has 0 N–H and O–H groups in total. The molecule has 2 heterocycles. The second kappa shape index (κ2) is 8.58. The van der Waals surface area contributed by atoms with Crippen LogP contribution in [-0.2, 0) is 22.7 Å². The summed E-state index contributed by atoms with van der Waals surface area (Å²) >= 11 is 1.11. The third-order valence-corrected chi connectivity index (χ3v) is 5.55. The molecular formula is C20H14FN3O6S. The first-order valence-electron chi connectivity index (χ1n) is 8.91. The van der Waals surface area contributed by atoms with Gasteiger partial charge in [0, 0.05) is 40.5 Å². The van der Waals surface area contributed by atoms with Crippen LogP contribution < -0.4 is 0 Å². The number of nitro benzene ring substituents is 1. The Labute approximate surface area is 178 Å². The Morgan fingerprint density at radius 3 is 2.71 bits per heavy atom. The number of hydrogen-bond donors (Lipinski definition) is 0. The minimum Gasteiger partial charge on any atom is -0.451 e. The molecule has 0 aliphatic carbocycles. The van der Waals surface area contributed by atoms with Gasteiger partial charge >= 0.3 is 5.97 Å². The van der Waals surface area contributed by atoms with Gasteiger partial charge in [0.25, 0.3) is 11.6 Å². The number of nitrogens with zero attached hydrogens (tertiary/aromatic N) is 3. The Morgan fingerprint density at radius 1 is 1.23 bits per heavy atom. The number of ether oxygens (including phenoxy) is 2. The number of benzene rings is 2. The second-order valence-corrected chi connectivity index (χ2v) is 7.40. The third-order valence-electron chi connectivity index (χ3n) is 4.37. The smallest absolute Gasteiger partial charge is 0.349 e. The number of rotatable bonds is 7. The van der Waals surface area contributed by atoms with Crippen molar-refractivity contribution in [2.75, 3.05) is 7.11 Å². The van der Waals surface area contributed by atoms with Crippen LogP contribution in [0.25, 0.3) is 21.5 Å². The van der Waals surface area contributed by atoms with Gasteiger partial charge in [-0.1, -0.05) is 11.2 Å². The number of non-ortho nitro benzene ring substituents is 1. The molecule has 0 bridgehead atoms. The molecule has 0 fully saturated rings. The van der Waals surface area contributed by atoms with Crippen molar-refractivity contribution in [2.24, 2.45) is 0 Å². The topological polar surface area (TPSA) is 118 Å². The maximum Gasteiger partial charge on any atom is 0.349 e. The highest BCUT2D eigenvalue weighted by Gasteiger charge is 2.22. The van der Waals surface area contributed by atoms with Crippen LogP contribution in [0, 0.1) is 15.9 Å². The molecule has 9 nitrogen and oxygen atoms in total. The van der Waals surface area contributed by atoms with Gasteiger partial charge in [0.05, 0.1) is 11.5 Å². The van der Waals surface area contributed by atoms with Crippen molar-refractivity contribution in [3.05, 3.63) is 74.7 Å². The molecule has 0 saturated carbocycles. The maximum absolute atomic E-state index is 14.3. The molecule has 4 rings (SSSR count). The largest absolute Gasteiger partial charge is 0.451 e. The number of esters is 1. The molecule has 4 aromatic rings. The summed E-state index contributed by atoms with van der Waals surface area (Å²) in [7, 11) is 1.46. The van der Waals surface area contributed by atoms with Crippen molar-refractivity contribution in [1.29, 1.82) is 0 Å². The van der Waals surface area contributed by atoms with Crippen molar-refractivity contribution in [3.63, 3.8) is 0 Å². The summed E-state index contributed by atoms with van der Waals surface area (Å²) in [6.45, 7) is -0.238. The van der Waals surface area contributed by atoms with Gasteiger partial charge in [-0.15, -0.1) is 11.3 Å². The Bertz CT molecular complexity index is 1270. The predicted octanol–water partition coefficient (Wildman–Crippen LogP) is 4.50. The number of fused-ring (bicyclic) bond motifs is 1. The highest BCUT2D eigenvalue weighted by atomic mass is 32.1.